The van der Waals surface area contributed by atoms with Crippen LogP contribution in [0.1, 0.15) is 33.1 Å². The second-order valence-corrected chi connectivity index (χ2v) is 8.07. The molecule has 1 saturated heterocycles. The van der Waals surface area contributed by atoms with E-state index in [2.05, 4.69) is 17.4 Å². The third-order valence-corrected chi connectivity index (χ3v) is 5.79. The van der Waals surface area contributed by atoms with Gasteiger partial charge in [0.2, 0.25) is 0 Å². The fourth-order valence-electron chi connectivity index (χ4n) is 3.58. The van der Waals surface area contributed by atoms with Crippen LogP contribution in [0.2, 0.25) is 0 Å². The minimum absolute atomic E-state index is 0.213. The molecule has 1 N–H and O–H groups in total. The van der Waals surface area contributed by atoms with E-state index in [0.717, 1.165) is 47.1 Å². The molecular weight excluding hydrogens is 439 g/mol. The zero-order chi connectivity index (χ0) is 23.5. The van der Waals surface area contributed by atoms with Gasteiger partial charge >= 0.3 is 0 Å². The zero-order valence-corrected chi connectivity index (χ0v) is 20.4. The molecule has 0 aliphatic carbocycles. The zero-order valence-electron chi connectivity index (χ0n) is 19.6. The maximum atomic E-state index is 12.9. The lowest BCUT2D eigenvalue weighted by Gasteiger charge is -2.27. The molecule has 0 amide bonds. The van der Waals surface area contributed by atoms with Gasteiger partial charge in [-0.2, -0.15) is 3.89 Å². The summed E-state index contributed by atoms with van der Waals surface area (Å²) in [4.78, 5) is 4.77. The Morgan fingerprint density at radius 1 is 1.12 bits per heavy atom. The van der Waals surface area contributed by atoms with E-state index >= 15 is 0 Å². The highest BCUT2D eigenvalue weighted by Crippen LogP contribution is 2.26. The molecule has 0 saturated carbocycles. The van der Waals surface area contributed by atoms with Crippen LogP contribution in [0.5, 0.6) is 5.75 Å². The Balaban J connectivity index is 0.00000149. The predicted molar refractivity (Wildman–Crippen MR) is 136 cm³/mol. The Bertz CT molecular complexity index is 981. The molecule has 1 aromatic heterocycles. The Morgan fingerprint density at radius 3 is 2.64 bits per heavy atom. The summed E-state index contributed by atoms with van der Waals surface area (Å²) in [5.74, 6) is 0.924. The van der Waals surface area contributed by atoms with Crippen molar-refractivity contribution in [2.75, 3.05) is 31.3 Å². The molecule has 2 heterocycles. The van der Waals surface area contributed by atoms with Gasteiger partial charge in [-0.1, -0.05) is 32.0 Å². The van der Waals surface area contributed by atoms with Gasteiger partial charge in [0.05, 0.1) is 17.0 Å². The monoisotopic (exact) mass is 472 g/mol. The molecule has 7 heteroatoms. The summed E-state index contributed by atoms with van der Waals surface area (Å²) < 4.78 is 30.3. The Kier molecular flexibility index (Phi) is 10.2. The number of aromatic nitrogens is 1. The molecule has 0 spiro atoms. The highest BCUT2D eigenvalue weighted by molar-refractivity contribution is 7.94. The van der Waals surface area contributed by atoms with Crippen LogP contribution in [0.25, 0.3) is 22.2 Å². The van der Waals surface area contributed by atoms with E-state index in [1.807, 2.05) is 63.4 Å². The van der Waals surface area contributed by atoms with Crippen LogP contribution in [0, 0.1) is 0 Å². The summed E-state index contributed by atoms with van der Waals surface area (Å²) >= 11 is 0.263. The van der Waals surface area contributed by atoms with Crippen molar-refractivity contribution in [1.82, 2.24) is 4.98 Å². The number of fused-ring (bicyclic) bond motifs is 1. The van der Waals surface area contributed by atoms with Crippen molar-refractivity contribution in [2.45, 2.75) is 45.5 Å². The third kappa shape index (κ3) is 7.32. The molecule has 2 aromatic carbocycles. The van der Waals surface area contributed by atoms with Gasteiger partial charge in [0.1, 0.15) is 18.5 Å². The highest BCUT2D eigenvalue weighted by Gasteiger charge is 2.21. The van der Waals surface area contributed by atoms with Crippen LogP contribution in [0.4, 0.5) is 9.57 Å². The lowest BCUT2D eigenvalue weighted by atomic mass is 10.1. The van der Waals surface area contributed by atoms with Crippen molar-refractivity contribution in [3.63, 3.8) is 0 Å². The number of rotatable bonds is 9. The van der Waals surface area contributed by atoms with Crippen molar-refractivity contribution >= 4 is 28.7 Å². The largest absolute Gasteiger partial charge is 0.491 e. The molecule has 0 bridgehead atoms. The van der Waals surface area contributed by atoms with Crippen LogP contribution >= 0.6 is 12.1 Å². The summed E-state index contributed by atoms with van der Waals surface area (Å²) in [5.41, 5.74) is 3.94. The average molecular weight is 473 g/mol. The molecule has 2 unspecified atom stereocenters. The Hall–Kier alpha value is -2.35. The lowest BCUT2D eigenvalue weighted by molar-refractivity contribution is -0.188. The van der Waals surface area contributed by atoms with E-state index in [0.29, 0.717) is 12.4 Å². The quantitative estimate of drug-likeness (QED) is 0.366. The molecule has 0 radical (unpaired) electrons. The van der Waals surface area contributed by atoms with Crippen molar-refractivity contribution in [3.05, 3.63) is 54.6 Å². The molecule has 178 valence electrons. The molecule has 3 aromatic rings. The fourth-order valence-corrected chi connectivity index (χ4v) is 3.90. The van der Waals surface area contributed by atoms with E-state index in [-0.39, 0.29) is 36.9 Å². The standard InChI is InChI=1S/C24H27FN2O3S.C2H6/c1-26-19-8-5-17(6-9-19)22-11-7-18-14-20(10-12-23(18)27-22)29-15-21(16-31-25)30-24-4-2-3-13-28-24;1-2/h5-12,14,21,24,26H,2-4,13,15-16H2,1H3;1-2H3. The lowest BCUT2D eigenvalue weighted by Crippen LogP contribution is -2.32. The molecule has 5 nitrogen and oxygen atoms in total. The second-order valence-electron chi connectivity index (χ2n) is 7.52. The van der Waals surface area contributed by atoms with Gasteiger partial charge in [0.25, 0.3) is 0 Å². The third-order valence-electron chi connectivity index (χ3n) is 5.30. The molecular formula is C26H33FN2O3S. The molecule has 4 rings (SSSR count). The first-order valence-corrected chi connectivity index (χ1v) is 12.5. The maximum Gasteiger partial charge on any atom is 0.158 e. The van der Waals surface area contributed by atoms with Crippen LogP contribution in [-0.4, -0.2) is 43.4 Å². The number of ether oxygens (including phenoxy) is 3. The number of nitrogens with one attached hydrogen (secondary N) is 1. The van der Waals surface area contributed by atoms with E-state index in [1.165, 1.54) is 0 Å². The van der Waals surface area contributed by atoms with Crippen LogP contribution < -0.4 is 10.1 Å². The van der Waals surface area contributed by atoms with Crippen LogP contribution in [0.3, 0.4) is 0 Å². The van der Waals surface area contributed by atoms with Gasteiger partial charge in [-0.25, -0.2) is 4.98 Å². The molecule has 2 atom stereocenters. The number of anilines is 1. The SMILES string of the molecule is CC.CNc1ccc(-c2ccc3cc(OCC(CSF)OC4CCCCO4)ccc3n2)cc1. The van der Waals surface area contributed by atoms with Gasteiger partial charge in [-0.15, -0.1) is 0 Å². The number of hydrogen-bond acceptors (Lipinski definition) is 6. The summed E-state index contributed by atoms with van der Waals surface area (Å²) in [7, 11) is 1.90. The number of pyridine rings is 1. The molecule has 1 aliphatic heterocycles. The van der Waals surface area contributed by atoms with E-state index < -0.39 is 0 Å². The number of hydrogen-bond donors (Lipinski definition) is 1. The van der Waals surface area contributed by atoms with Crippen molar-refractivity contribution < 1.29 is 18.1 Å². The van der Waals surface area contributed by atoms with Gasteiger partial charge in [0.15, 0.2) is 6.29 Å². The normalized spacial score (nSPS) is 16.5. The first-order valence-electron chi connectivity index (χ1n) is 11.6. The number of benzene rings is 2. The fraction of sp³-hybridized carbons (Fsp3) is 0.423. The summed E-state index contributed by atoms with van der Waals surface area (Å²) in [6.45, 7) is 4.96. The van der Waals surface area contributed by atoms with Crippen molar-refractivity contribution in [3.8, 4) is 17.0 Å². The minimum atomic E-state index is -0.366. The second kappa shape index (κ2) is 13.4. The van der Waals surface area contributed by atoms with E-state index in [1.54, 1.807) is 0 Å². The molecule has 1 aliphatic rings. The molecule has 1 fully saturated rings. The van der Waals surface area contributed by atoms with Crippen LogP contribution in [0.15, 0.2) is 54.6 Å². The average Bonchev–Trinajstić information content (AvgIpc) is 2.89. The van der Waals surface area contributed by atoms with E-state index in [9.17, 15) is 3.89 Å². The number of halogens is 1. The molecule has 33 heavy (non-hydrogen) atoms. The highest BCUT2D eigenvalue weighted by atomic mass is 32.2. The smallest absolute Gasteiger partial charge is 0.158 e. The topological polar surface area (TPSA) is 52.6 Å². The van der Waals surface area contributed by atoms with Gasteiger partial charge < -0.3 is 19.5 Å². The summed E-state index contributed by atoms with van der Waals surface area (Å²) in [5, 5.41) is 4.11. The van der Waals surface area contributed by atoms with Crippen LogP contribution in [-0.2, 0) is 9.47 Å². The Morgan fingerprint density at radius 2 is 1.94 bits per heavy atom. The van der Waals surface area contributed by atoms with Crippen molar-refractivity contribution in [2.24, 2.45) is 0 Å². The van der Waals surface area contributed by atoms with Gasteiger partial charge in [-0.05, 0) is 55.7 Å². The minimum Gasteiger partial charge on any atom is -0.491 e. The van der Waals surface area contributed by atoms with Crippen molar-refractivity contribution in [1.29, 1.82) is 0 Å². The number of nitrogens with zero attached hydrogens (tertiary/aromatic N) is 1. The summed E-state index contributed by atoms with van der Waals surface area (Å²) in [6.07, 6.45) is 2.33. The van der Waals surface area contributed by atoms with Gasteiger partial charge in [-0.3, -0.25) is 0 Å². The maximum absolute atomic E-state index is 12.9. The predicted octanol–water partition coefficient (Wildman–Crippen LogP) is 6.88. The Labute approximate surface area is 200 Å². The van der Waals surface area contributed by atoms with E-state index in [4.69, 9.17) is 19.2 Å². The first-order chi connectivity index (χ1) is 16.2. The first kappa shape index (κ1) is 25.3. The van der Waals surface area contributed by atoms with Gasteiger partial charge in [0, 0.05) is 42.4 Å². The summed E-state index contributed by atoms with van der Waals surface area (Å²) in [6, 6.07) is 18.0.